The van der Waals surface area contributed by atoms with Crippen molar-refractivity contribution in [1.29, 1.82) is 0 Å². The van der Waals surface area contributed by atoms with Crippen molar-refractivity contribution in [3.63, 3.8) is 0 Å². The van der Waals surface area contributed by atoms with Gasteiger partial charge in [-0.05, 0) is 28.3 Å². The lowest BCUT2D eigenvalue weighted by atomic mass is 9.57. The standard InChI is InChI=1S/C24H26O4/c1-21(2,3)24-22(4,5)14-26-23(24,27-28-24)17-12-16-11-10-15-8-6-7-9-18(15)20(16)19(25)13-17/h6-13,25H,14H2,1-5H3. The molecular formula is C24H26O4. The average molecular weight is 378 g/mol. The predicted molar refractivity (Wildman–Crippen MR) is 109 cm³/mol. The molecule has 0 amide bonds. The van der Waals surface area contributed by atoms with Crippen LogP contribution in [0.4, 0.5) is 0 Å². The summed E-state index contributed by atoms with van der Waals surface area (Å²) in [5, 5.41) is 14.9. The molecule has 28 heavy (non-hydrogen) atoms. The summed E-state index contributed by atoms with van der Waals surface area (Å²) in [6, 6.07) is 16.0. The Hall–Kier alpha value is -2.14. The van der Waals surface area contributed by atoms with Crippen LogP contribution in [-0.4, -0.2) is 17.3 Å². The summed E-state index contributed by atoms with van der Waals surface area (Å²) in [5.74, 6) is -0.809. The molecule has 5 rings (SSSR count). The van der Waals surface area contributed by atoms with Crippen LogP contribution in [0.3, 0.4) is 0 Å². The van der Waals surface area contributed by atoms with E-state index in [2.05, 4.69) is 52.8 Å². The number of ether oxygens (including phenoxy) is 1. The molecule has 2 saturated heterocycles. The molecule has 2 fully saturated rings. The second-order valence-electron chi connectivity index (χ2n) is 9.77. The van der Waals surface area contributed by atoms with Crippen molar-refractivity contribution < 1.29 is 19.6 Å². The summed E-state index contributed by atoms with van der Waals surface area (Å²) in [6.45, 7) is 11.3. The number of hydrogen-bond donors (Lipinski definition) is 1. The molecule has 2 aliphatic heterocycles. The van der Waals surface area contributed by atoms with Crippen molar-refractivity contribution in [2.45, 2.75) is 46.0 Å². The molecule has 1 N–H and O–H groups in total. The van der Waals surface area contributed by atoms with Crippen LogP contribution in [0.15, 0.2) is 48.5 Å². The van der Waals surface area contributed by atoms with E-state index in [1.807, 2.05) is 24.3 Å². The molecule has 2 unspecified atom stereocenters. The Morgan fingerprint density at radius 2 is 1.64 bits per heavy atom. The van der Waals surface area contributed by atoms with E-state index >= 15 is 0 Å². The Morgan fingerprint density at radius 3 is 2.32 bits per heavy atom. The second-order valence-corrected chi connectivity index (χ2v) is 9.77. The number of fused-ring (bicyclic) bond motifs is 4. The molecule has 3 aromatic carbocycles. The first-order valence-electron chi connectivity index (χ1n) is 9.79. The smallest absolute Gasteiger partial charge is 0.261 e. The summed E-state index contributed by atoms with van der Waals surface area (Å²) < 4.78 is 6.30. The van der Waals surface area contributed by atoms with Gasteiger partial charge in [0.2, 0.25) is 0 Å². The monoisotopic (exact) mass is 378 g/mol. The van der Waals surface area contributed by atoms with Gasteiger partial charge in [-0.3, -0.25) is 0 Å². The summed E-state index contributed by atoms with van der Waals surface area (Å²) in [5.41, 5.74) is -0.361. The van der Waals surface area contributed by atoms with Crippen LogP contribution in [0.1, 0.15) is 40.2 Å². The predicted octanol–water partition coefficient (Wildman–Crippen LogP) is 5.65. The number of phenols is 1. The Kier molecular flexibility index (Phi) is 3.37. The van der Waals surface area contributed by atoms with Crippen molar-refractivity contribution in [1.82, 2.24) is 0 Å². The first-order chi connectivity index (χ1) is 13.1. The van der Waals surface area contributed by atoms with E-state index in [4.69, 9.17) is 14.5 Å². The molecule has 4 heteroatoms. The molecule has 146 valence electrons. The van der Waals surface area contributed by atoms with E-state index in [9.17, 15) is 5.11 Å². The van der Waals surface area contributed by atoms with Crippen LogP contribution < -0.4 is 0 Å². The van der Waals surface area contributed by atoms with Gasteiger partial charge in [0.15, 0.2) is 5.60 Å². The third kappa shape index (κ3) is 1.91. The van der Waals surface area contributed by atoms with Gasteiger partial charge in [0, 0.05) is 21.8 Å². The Bertz CT molecular complexity index is 1110. The van der Waals surface area contributed by atoms with Crippen LogP contribution in [0, 0.1) is 10.8 Å². The third-order valence-electron chi connectivity index (χ3n) is 6.59. The summed E-state index contributed by atoms with van der Waals surface area (Å²) in [6.07, 6.45) is 0. The minimum atomic E-state index is -1.04. The van der Waals surface area contributed by atoms with Gasteiger partial charge in [-0.1, -0.05) is 71.0 Å². The summed E-state index contributed by atoms with van der Waals surface area (Å²) in [4.78, 5) is 11.6. The number of benzene rings is 3. The molecule has 0 aliphatic carbocycles. The Labute approximate surface area is 164 Å². The van der Waals surface area contributed by atoms with Gasteiger partial charge in [-0.2, -0.15) is 4.89 Å². The van der Waals surface area contributed by atoms with Gasteiger partial charge >= 0.3 is 0 Å². The molecule has 3 aromatic rings. The molecule has 0 aromatic heterocycles. The zero-order valence-corrected chi connectivity index (χ0v) is 17.0. The van der Waals surface area contributed by atoms with Crippen LogP contribution in [0.5, 0.6) is 5.75 Å². The first kappa shape index (κ1) is 17.9. The fourth-order valence-corrected chi connectivity index (χ4v) is 5.55. The highest BCUT2D eigenvalue weighted by atomic mass is 17.3. The van der Waals surface area contributed by atoms with Crippen molar-refractivity contribution in [2.24, 2.45) is 10.8 Å². The normalized spacial score (nSPS) is 29.0. The SMILES string of the molecule is CC(C)(C)C12OOC1(c1cc(O)c3c(ccc4ccccc43)c1)OCC2(C)C. The summed E-state index contributed by atoms with van der Waals surface area (Å²) >= 11 is 0. The topological polar surface area (TPSA) is 47.9 Å². The maximum absolute atomic E-state index is 11.0. The number of aromatic hydroxyl groups is 1. The van der Waals surface area contributed by atoms with Crippen LogP contribution >= 0.6 is 0 Å². The van der Waals surface area contributed by atoms with E-state index in [-0.39, 0.29) is 16.6 Å². The molecule has 2 atom stereocenters. The summed E-state index contributed by atoms with van der Waals surface area (Å²) in [7, 11) is 0. The minimum absolute atomic E-state index is 0.227. The molecule has 0 bridgehead atoms. The van der Waals surface area contributed by atoms with E-state index < -0.39 is 11.4 Å². The molecule has 0 spiro atoms. The molecular weight excluding hydrogens is 352 g/mol. The minimum Gasteiger partial charge on any atom is -0.507 e. The van der Waals surface area contributed by atoms with E-state index in [0.29, 0.717) is 6.61 Å². The Morgan fingerprint density at radius 1 is 0.929 bits per heavy atom. The second kappa shape index (κ2) is 5.26. The number of rotatable bonds is 1. The van der Waals surface area contributed by atoms with Crippen LogP contribution in [0.25, 0.3) is 21.5 Å². The highest BCUT2D eigenvalue weighted by molar-refractivity contribution is 6.10. The maximum atomic E-state index is 11.0. The zero-order valence-electron chi connectivity index (χ0n) is 17.0. The van der Waals surface area contributed by atoms with E-state index in [0.717, 1.165) is 27.1 Å². The van der Waals surface area contributed by atoms with Gasteiger partial charge in [0.25, 0.3) is 5.79 Å². The zero-order chi connectivity index (χ0) is 19.9. The van der Waals surface area contributed by atoms with Gasteiger partial charge < -0.3 is 9.84 Å². The van der Waals surface area contributed by atoms with Crippen LogP contribution in [-0.2, 0) is 20.3 Å². The lowest BCUT2D eigenvalue weighted by molar-refractivity contribution is -0.626. The molecule has 2 aliphatic rings. The van der Waals surface area contributed by atoms with Crippen LogP contribution in [0.2, 0.25) is 0 Å². The molecule has 4 nitrogen and oxygen atoms in total. The number of hydrogen-bond acceptors (Lipinski definition) is 4. The first-order valence-corrected chi connectivity index (χ1v) is 9.79. The fourth-order valence-electron chi connectivity index (χ4n) is 5.55. The molecule has 2 heterocycles. The van der Waals surface area contributed by atoms with Gasteiger partial charge in [0.05, 0.1) is 6.61 Å². The van der Waals surface area contributed by atoms with Crippen molar-refractivity contribution in [2.75, 3.05) is 6.61 Å². The Balaban J connectivity index is 1.77. The fraction of sp³-hybridized carbons (Fsp3) is 0.417. The van der Waals surface area contributed by atoms with Gasteiger partial charge in [-0.15, -0.1) is 0 Å². The van der Waals surface area contributed by atoms with Crippen molar-refractivity contribution in [3.8, 4) is 5.75 Å². The van der Waals surface area contributed by atoms with Crippen molar-refractivity contribution in [3.05, 3.63) is 54.1 Å². The molecule has 0 saturated carbocycles. The van der Waals surface area contributed by atoms with E-state index in [1.165, 1.54) is 0 Å². The highest BCUT2D eigenvalue weighted by Gasteiger charge is 2.81. The van der Waals surface area contributed by atoms with E-state index in [1.54, 1.807) is 6.07 Å². The third-order valence-corrected chi connectivity index (χ3v) is 6.59. The maximum Gasteiger partial charge on any atom is 0.261 e. The van der Waals surface area contributed by atoms with Crippen molar-refractivity contribution >= 4 is 21.5 Å². The number of phenolic OH excluding ortho intramolecular Hbond substituents is 1. The lowest BCUT2D eigenvalue weighted by Gasteiger charge is -2.61. The largest absolute Gasteiger partial charge is 0.507 e. The quantitative estimate of drug-likeness (QED) is 0.439. The highest BCUT2D eigenvalue weighted by Crippen LogP contribution is 2.69. The molecule has 0 radical (unpaired) electrons. The van der Waals surface area contributed by atoms with Gasteiger partial charge in [-0.25, -0.2) is 4.89 Å². The van der Waals surface area contributed by atoms with Gasteiger partial charge in [0.1, 0.15) is 5.75 Å². The average Bonchev–Trinajstić information content (AvgIpc) is 2.75. The lowest BCUT2D eigenvalue weighted by Crippen LogP contribution is -2.73.